The van der Waals surface area contributed by atoms with Crippen molar-refractivity contribution in [3.8, 4) is 0 Å². The molecule has 2 saturated carbocycles. The van der Waals surface area contributed by atoms with E-state index < -0.39 is 11.4 Å². The van der Waals surface area contributed by atoms with Crippen LogP contribution in [0.25, 0.3) is 0 Å². The van der Waals surface area contributed by atoms with E-state index in [4.69, 9.17) is 5.11 Å². The fourth-order valence-electron chi connectivity index (χ4n) is 1.94. The standard InChI is InChI=1S/C10H15NO3/c12-8(11-7-3-1-4-7)10(9(13)14)5-2-6-10/h7H,1-6H2,(H,11,12)(H,13,14). The summed E-state index contributed by atoms with van der Waals surface area (Å²) in [6, 6.07) is 0.235. The maximum Gasteiger partial charge on any atom is 0.319 e. The summed E-state index contributed by atoms with van der Waals surface area (Å²) < 4.78 is 0. The number of carbonyl (C=O) groups excluding carboxylic acids is 1. The Labute approximate surface area is 82.7 Å². The molecule has 0 aromatic rings. The zero-order valence-corrected chi connectivity index (χ0v) is 8.08. The van der Waals surface area contributed by atoms with Gasteiger partial charge in [0.25, 0.3) is 0 Å². The summed E-state index contributed by atoms with van der Waals surface area (Å²) in [4.78, 5) is 22.7. The lowest BCUT2D eigenvalue weighted by atomic mass is 9.68. The molecule has 4 nitrogen and oxygen atoms in total. The first-order valence-corrected chi connectivity index (χ1v) is 5.19. The summed E-state index contributed by atoms with van der Waals surface area (Å²) in [6.07, 6.45) is 5.00. The maximum atomic E-state index is 11.7. The number of amides is 1. The van der Waals surface area contributed by atoms with Crippen molar-refractivity contribution in [2.75, 3.05) is 0 Å². The van der Waals surface area contributed by atoms with Crippen molar-refractivity contribution < 1.29 is 14.7 Å². The van der Waals surface area contributed by atoms with Gasteiger partial charge in [-0.15, -0.1) is 0 Å². The summed E-state index contributed by atoms with van der Waals surface area (Å²) in [5.41, 5.74) is -1.09. The lowest BCUT2D eigenvalue weighted by molar-refractivity contribution is -0.162. The van der Waals surface area contributed by atoms with E-state index in [0.29, 0.717) is 12.8 Å². The molecule has 2 aliphatic rings. The molecule has 1 amide bonds. The molecule has 0 heterocycles. The molecule has 2 fully saturated rings. The first-order chi connectivity index (χ1) is 6.65. The third-order valence-electron chi connectivity index (χ3n) is 3.49. The smallest absolute Gasteiger partial charge is 0.319 e. The molecule has 0 aliphatic heterocycles. The van der Waals surface area contributed by atoms with Crippen LogP contribution in [0.2, 0.25) is 0 Å². The van der Waals surface area contributed by atoms with E-state index in [1.54, 1.807) is 0 Å². The van der Waals surface area contributed by atoms with E-state index >= 15 is 0 Å². The summed E-state index contributed by atoms with van der Waals surface area (Å²) in [5, 5.41) is 11.8. The first kappa shape index (κ1) is 9.49. The van der Waals surface area contributed by atoms with Crippen molar-refractivity contribution in [1.29, 1.82) is 0 Å². The lowest BCUT2D eigenvalue weighted by Crippen LogP contribution is -2.54. The van der Waals surface area contributed by atoms with Crippen LogP contribution in [0.5, 0.6) is 0 Å². The molecule has 2 aliphatic carbocycles. The molecule has 0 aromatic heterocycles. The number of aliphatic carboxylic acids is 1. The number of rotatable bonds is 3. The van der Waals surface area contributed by atoms with E-state index in [-0.39, 0.29) is 11.9 Å². The number of hydrogen-bond donors (Lipinski definition) is 2. The quantitative estimate of drug-likeness (QED) is 0.661. The number of carboxylic acids is 1. The topological polar surface area (TPSA) is 66.4 Å². The van der Waals surface area contributed by atoms with Crippen LogP contribution >= 0.6 is 0 Å². The van der Waals surface area contributed by atoms with Gasteiger partial charge in [0.05, 0.1) is 0 Å². The minimum absolute atomic E-state index is 0.235. The van der Waals surface area contributed by atoms with Gasteiger partial charge in [0.15, 0.2) is 0 Å². The van der Waals surface area contributed by atoms with Crippen molar-refractivity contribution in [1.82, 2.24) is 5.32 Å². The SMILES string of the molecule is O=C(O)C1(C(=O)NC2CCC2)CCC1. The minimum atomic E-state index is -1.09. The van der Waals surface area contributed by atoms with E-state index in [2.05, 4.69) is 5.32 Å². The van der Waals surface area contributed by atoms with Crippen molar-refractivity contribution in [2.45, 2.75) is 44.6 Å². The normalized spacial score (nSPS) is 24.6. The van der Waals surface area contributed by atoms with Gasteiger partial charge in [0.2, 0.25) is 5.91 Å². The average Bonchev–Trinajstić information content (AvgIpc) is 1.93. The molecule has 14 heavy (non-hydrogen) atoms. The Balaban J connectivity index is 1.97. The molecule has 2 N–H and O–H groups in total. The van der Waals surface area contributed by atoms with Gasteiger partial charge in [-0.25, -0.2) is 0 Å². The zero-order chi connectivity index (χ0) is 10.2. The van der Waals surface area contributed by atoms with E-state index in [1.807, 2.05) is 0 Å². The van der Waals surface area contributed by atoms with Crippen molar-refractivity contribution >= 4 is 11.9 Å². The Kier molecular flexibility index (Phi) is 2.21. The third kappa shape index (κ3) is 1.29. The Morgan fingerprint density at radius 3 is 2.14 bits per heavy atom. The highest BCUT2D eigenvalue weighted by Gasteiger charge is 2.51. The average molecular weight is 197 g/mol. The molecule has 0 unspecified atom stereocenters. The lowest BCUT2D eigenvalue weighted by Gasteiger charge is -2.38. The van der Waals surface area contributed by atoms with Gasteiger partial charge in [0, 0.05) is 6.04 Å². The molecule has 0 saturated heterocycles. The van der Waals surface area contributed by atoms with Gasteiger partial charge < -0.3 is 10.4 Å². The van der Waals surface area contributed by atoms with Crippen LogP contribution < -0.4 is 5.32 Å². The van der Waals surface area contributed by atoms with Crippen LogP contribution in [-0.2, 0) is 9.59 Å². The Bertz CT molecular complexity index is 267. The zero-order valence-electron chi connectivity index (χ0n) is 8.08. The van der Waals surface area contributed by atoms with Crippen LogP contribution in [-0.4, -0.2) is 23.0 Å². The molecule has 0 bridgehead atoms. The monoisotopic (exact) mass is 197 g/mol. The van der Waals surface area contributed by atoms with Gasteiger partial charge in [-0.1, -0.05) is 6.42 Å². The van der Waals surface area contributed by atoms with Gasteiger partial charge in [-0.2, -0.15) is 0 Å². The number of nitrogens with one attached hydrogen (secondary N) is 1. The Morgan fingerprint density at radius 2 is 1.86 bits per heavy atom. The molecule has 2 rings (SSSR count). The molecule has 0 aromatic carbocycles. The fraction of sp³-hybridized carbons (Fsp3) is 0.800. The summed E-state index contributed by atoms with van der Waals surface area (Å²) >= 11 is 0. The number of carbonyl (C=O) groups is 2. The molecular formula is C10H15NO3. The minimum Gasteiger partial charge on any atom is -0.480 e. The highest BCUT2D eigenvalue weighted by Crippen LogP contribution is 2.41. The largest absolute Gasteiger partial charge is 0.480 e. The second-order valence-electron chi connectivity index (χ2n) is 4.34. The van der Waals surface area contributed by atoms with Crippen LogP contribution in [0.1, 0.15) is 38.5 Å². The molecular weight excluding hydrogens is 182 g/mol. The maximum absolute atomic E-state index is 11.7. The van der Waals surface area contributed by atoms with Crippen LogP contribution in [0.4, 0.5) is 0 Å². The highest BCUT2D eigenvalue weighted by molar-refractivity contribution is 6.02. The molecule has 4 heteroatoms. The highest BCUT2D eigenvalue weighted by atomic mass is 16.4. The summed E-state index contributed by atoms with van der Waals surface area (Å²) in [5.74, 6) is -1.22. The van der Waals surface area contributed by atoms with Gasteiger partial charge in [-0.05, 0) is 32.1 Å². The predicted molar refractivity (Wildman–Crippen MR) is 49.7 cm³/mol. The van der Waals surface area contributed by atoms with Crippen molar-refractivity contribution in [3.63, 3.8) is 0 Å². The molecule has 0 atom stereocenters. The van der Waals surface area contributed by atoms with Gasteiger partial charge in [0.1, 0.15) is 5.41 Å². The second-order valence-corrected chi connectivity index (χ2v) is 4.34. The second kappa shape index (κ2) is 3.26. The first-order valence-electron chi connectivity index (χ1n) is 5.19. The van der Waals surface area contributed by atoms with E-state index in [1.165, 1.54) is 0 Å². The van der Waals surface area contributed by atoms with Crippen molar-refractivity contribution in [3.05, 3.63) is 0 Å². The van der Waals surface area contributed by atoms with Crippen LogP contribution in [0.3, 0.4) is 0 Å². The molecule has 0 spiro atoms. The molecule has 0 radical (unpaired) electrons. The van der Waals surface area contributed by atoms with Crippen molar-refractivity contribution in [2.24, 2.45) is 5.41 Å². The van der Waals surface area contributed by atoms with Gasteiger partial charge >= 0.3 is 5.97 Å². The molecule has 78 valence electrons. The number of hydrogen-bond acceptors (Lipinski definition) is 2. The Morgan fingerprint density at radius 1 is 1.21 bits per heavy atom. The fourth-order valence-corrected chi connectivity index (χ4v) is 1.94. The predicted octanol–water partition coefficient (Wildman–Crippen LogP) is 0.910. The van der Waals surface area contributed by atoms with E-state index in [0.717, 1.165) is 25.7 Å². The van der Waals surface area contributed by atoms with Gasteiger partial charge in [-0.3, -0.25) is 9.59 Å². The van der Waals surface area contributed by atoms with Crippen LogP contribution in [0, 0.1) is 5.41 Å². The Hall–Kier alpha value is -1.06. The summed E-state index contributed by atoms with van der Waals surface area (Å²) in [7, 11) is 0. The third-order valence-corrected chi connectivity index (χ3v) is 3.49. The van der Waals surface area contributed by atoms with Crippen LogP contribution in [0.15, 0.2) is 0 Å². The summed E-state index contributed by atoms with van der Waals surface area (Å²) in [6.45, 7) is 0. The number of carboxylic acid groups (broad SMARTS) is 1. The van der Waals surface area contributed by atoms with E-state index in [9.17, 15) is 9.59 Å².